The van der Waals surface area contributed by atoms with Crippen LogP contribution in [0.2, 0.25) is 0 Å². The van der Waals surface area contributed by atoms with Crippen LogP contribution >= 0.6 is 0 Å². The third-order valence-electron chi connectivity index (χ3n) is 5.94. The Bertz CT molecular complexity index is 816. The Hall–Kier alpha value is -0.436. The van der Waals surface area contributed by atoms with Crippen molar-refractivity contribution in [3.63, 3.8) is 0 Å². The molecule has 23 heavy (non-hydrogen) atoms. The van der Waals surface area contributed by atoms with Crippen molar-refractivity contribution in [2.45, 2.75) is 38.8 Å². The van der Waals surface area contributed by atoms with E-state index >= 15 is 0 Å². The summed E-state index contributed by atoms with van der Waals surface area (Å²) in [5.41, 5.74) is 4.77. The summed E-state index contributed by atoms with van der Waals surface area (Å²) in [6.07, 6.45) is 8.57. The fourth-order valence-electron chi connectivity index (χ4n) is 5.43. The molecule has 3 aliphatic heterocycles. The van der Waals surface area contributed by atoms with Gasteiger partial charge >= 0.3 is 0 Å². The van der Waals surface area contributed by atoms with Crippen LogP contribution in [0.5, 0.6) is 0 Å². The van der Waals surface area contributed by atoms with E-state index in [0.717, 1.165) is 6.54 Å². The molecule has 0 unspecified atom stereocenters. The smallest absolute Gasteiger partial charge is 0.0466 e. The minimum Gasteiger partial charge on any atom is -0.368 e. The van der Waals surface area contributed by atoms with Crippen molar-refractivity contribution >= 4 is 10.9 Å². The Balaban J connectivity index is 0.00000135. The van der Waals surface area contributed by atoms with Crippen LogP contribution in [0, 0.1) is 11.8 Å². The van der Waals surface area contributed by atoms with Gasteiger partial charge in [-0.25, -0.2) is 0 Å². The molecule has 1 radical (unpaired) electrons. The summed E-state index contributed by atoms with van der Waals surface area (Å²) in [6.45, 7) is 9.42. The van der Waals surface area contributed by atoms with E-state index < -0.39 is 0 Å². The van der Waals surface area contributed by atoms with E-state index in [-0.39, 0.29) is 43.7 Å². The average Bonchev–Trinajstić information content (AvgIpc) is 2.81. The summed E-state index contributed by atoms with van der Waals surface area (Å²) in [4.78, 5) is 2.67. The van der Waals surface area contributed by atoms with Gasteiger partial charge in [0.15, 0.2) is 0 Å². The van der Waals surface area contributed by atoms with Crippen LogP contribution in [0.25, 0.3) is 10.9 Å². The van der Waals surface area contributed by atoms with Crippen molar-refractivity contribution in [2.24, 2.45) is 5.41 Å². The molecule has 0 amide bonds. The van der Waals surface area contributed by atoms with Gasteiger partial charge in [0.1, 0.15) is 0 Å². The number of hydrogen-bond donors (Lipinski definition) is 0. The molecule has 3 aliphatic rings. The molecule has 0 saturated carbocycles. The Morgan fingerprint density at radius 2 is 1.96 bits per heavy atom. The van der Waals surface area contributed by atoms with Crippen molar-refractivity contribution in [3.8, 4) is 0 Å². The quantitative estimate of drug-likeness (QED) is 0.494. The fourth-order valence-corrected chi connectivity index (χ4v) is 5.43. The van der Waals surface area contributed by atoms with Gasteiger partial charge in [-0.3, -0.25) is 11.3 Å². The number of fused-ring (bicyclic) bond motifs is 3. The number of hydrogen-bond acceptors (Lipinski definition) is 1. The van der Waals surface area contributed by atoms with Gasteiger partial charge in [-0.05, 0) is 18.1 Å². The zero-order valence-electron chi connectivity index (χ0n) is 14.2. The molecule has 0 N–H and O–H groups in total. The molecule has 2 nitrogen and oxygen atoms in total. The molecule has 117 valence electrons. The monoisotopic (exact) mass is 380 g/mol. The maximum Gasteiger partial charge on any atom is 0.0466 e. The number of rotatable bonds is 0. The van der Waals surface area contributed by atoms with Gasteiger partial charge in [-0.15, -0.1) is 11.5 Å². The van der Waals surface area contributed by atoms with Gasteiger partial charge < -0.3 is 4.57 Å². The second-order valence-electron chi connectivity index (χ2n) is 7.93. The zero-order chi connectivity index (χ0) is 15.1. The number of nitrogens with zero attached hydrogens (tertiary/aromatic N) is 2. The van der Waals surface area contributed by atoms with Crippen LogP contribution in [-0.2, 0) is 44.7 Å². The van der Waals surface area contributed by atoms with E-state index in [2.05, 4.69) is 73.1 Å². The number of aromatic nitrogens is 1. The Morgan fingerprint density at radius 1 is 1.17 bits per heavy atom. The van der Waals surface area contributed by atoms with Gasteiger partial charge in [0, 0.05) is 68.4 Å². The van der Waals surface area contributed by atoms with E-state index in [1.54, 1.807) is 11.3 Å². The first-order valence-corrected chi connectivity index (χ1v) is 8.43. The molecular formula is C20H23N2Y-. The molecular weight excluding hydrogens is 357 g/mol. The van der Waals surface area contributed by atoms with E-state index in [1.165, 1.54) is 23.9 Å². The summed E-state index contributed by atoms with van der Waals surface area (Å²) >= 11 is 0. The summed E-state index contributed by atoms with van der Waals surface area (Å²) < 4.78 is 2.62. The van der Waals surface area contributed by atoms with E-state index in [4.69, 9.17) is 0 Å². The molecule has 0 fully saturated rings. The minimum atomic E-state index is 0. The Morgan fingerprint density at radius 3 is 2.78 bits per heavy atom. The van der Waals surface area contributed by atoms with Crippen LogP contribution < -0.4 is 0 Å². The van der Waals surface area contributed by atoms with E-state index in [0.29, 0.717) is 6.04 Å². The normalized spacial score (nSPS) is 30.8. The standard InChI is InChI=1S/C20H23N2.Y/c1-19(2)13-20(3)10-6-11-21-12-9-15-14-7-4-5-8-16(14)22(19)17(15)18(20)21;/h4-8,10,13,18H,9,11-12H2,1-3H3;/q-1;/t18-,20+;/m1./s1. The van der Waals surface area contributed by atoms with Gasteiger partial charge in [0.2, 0.25) is 0 Å². The molecule has 0 aliphatic carbocycles. The molecule has 0 bridgehead atoms. The van der Waals surface area contributed by atoms with Crippen LogP contribution in [0.1, 0.15) is 38.1 Å². The van der Waals surface area contributed by atoms with Crippen molar-refractivity contribution in [2.75, 3.05) is 13.1 Å². The van der Waals surface area contributed by atoms with Gasteiger partial charge in [0.25, 0.3) is 0 Å². The predicted molar refractivity (Wildman–Crippen MR) is 90.8 cm³/mol. The first-order chi connectivity index (χ1) is 10.5. The largest absolute Gasteiger partial charge is 0.368 e. The predicted octanol–water partition coefficient (Wildman–Crippen LogP) is 4.07. The van der Waals surface area contributed by atoms with Crippen molar-refractivity contribution in [3.05, 3.63) is 54.1 Å². The van der Waals surface area contributed by atoms with Crippen LogP contribution in [0.3, 0.4) is 0 Å². The molecule has 1 aromatic carbocycles. The van der Waals surface area contributed by atoms with Crippen molar-refractivity contribution in [1.82, 2.24) is 9.47 Å². The number of benzene rings is 1. The molecule has 2 aromatic rings. The second-order valence-corrected chi connectivity index (χ2v) is 7.93. The van der Waals surface area contributed by atoms with Crippen LogP contribution in [0.4, 0.5) is 0 Å². The van der Waals surface area contributed by atoms with Crippen LogP contribution in [0.15, 0.2) is 36.4 Å². The summed E-state index contributed by atoms with van der Waals surface area (Å²) in [7, 11) is 0. The molecule has 3 heteroatoms. The minimum absolute atomic E-state index is 0. The van der Waals surface area contributed by atoms with Gasteiger partial charge in [0.05, 0.1) is 0 Å². The molecule has 4 heterocycles. The van der Waals surface area contributed by atoms with Gasteiger partial charge in [-0.2, -0.15) is 0 Å². The Kier molecular flexibility index (Phi) is 3.51. The fraction of sp³-hybridized carbons (Fsp3) is 0.450. The molecule has 0 saturated heterocycles. The first-order valence-electron chi connectivity index (χ1n) is 8.43. The second kappa shape index (κ2) is 5.03. The van der Waals surface area contributed by atoms with E-state index in [1.807, 2.05) is 0 Å². The molecule has 0 spiro atoms. The number of para-hydroxylation sites is 1. The summed E-state index contributed by atoms with van der Waals surface area (Å²) in [6, 6.07) is 9.49. The Labute approximate surface area is 163 Å². The zero-order valence-corrected chi connectivity index (χ0v) is 17.1. The topological polar surface area (TPSA) is 8.17 Å². The van der Waals surface area contributed by atoms with Crippen LogP contribution in [-0.4, -0.2) is 22.6 Å². The van der Waals surface area contributed by atoms with Crippen molar-refractivity contribution < 1.29 is 32.7 Å². The maximum atomic E-state index is 2.67. The summed E-state index contributed by atoms with van der Waals surface area (Å²) in [5.74, 6) is 0. The third-order valence-corrected chi connectivity index (χ3v) is 5.94. The van der Waals surface area contributed by atoms with Gasteiger partial charge in [-0.1, -0.05) is 50.6 Å². The average molecular weight is 380 g/mol. The molecule has 1 aromatic heterocycles. The van der Waals surface area contributed by atoms with E-state index in [9.17, 15) is 0 Å². The SMILES string of the molecule is CC1(C)[CH-][C@]2(C)C=CCN3CCc4c(n1c1ccccc41)[C@@H]32.[Y]. The maximum absolute atomic E-state index is 2.67. The molecule has 2 atom stereocenters. The third kappa shape index (κ3) is 1.98. The summed E-state index contributed by atoms with van der Waals surface area (Å²) in [5, 5.41) is 1.47. The molecule has 5 rings (SSSR count). The first kappa shape index (κ1) is 16.1. The van der Waals surface area contributed by atoms with Crippen molar-refractivity contribution in [1.29, 1.82) is 0 Å².